The fourth-order valence-corrected chi connectivity index (χ4v) is 2.89. The minimum Gasteiger partial charge on any atom is -0.366 e. The van der Waals surface area contributed by atoms with Crippen molar-refractivity contribution in [3.05, 3.63) is 53.1 Å². The lowest BCUT2D eigenvalue weighted by Crippen LogP contribution is -2.27. The van der Waals surface area contributed by atoms with Gasteiger partial charge in [0.1, 0.15) is 5.82 Å². The zero-order chi connectivity index (χ0) is 16.3. The molecule has 1 amide bonds. The molecule has 2 aromatic rings. The lowest BCUT2D eigenvalue weighted by molar-refractivity contribution is 0.0999. The quantitative estimate of drug-likeness (QED) is 0.875. The Kier molecular flexibility index (Phi) is 4.74. The molecular weight excluding hydrogens is 328 g/mol. The number of hydrogen-bond donors (Lipinski definition) is 1. The summed E-state index contributed by atoms with van der Waals surface area (Å²) in [6, 6.07) is 5.84. The molecule has 7 nitrogen and oxygen atoms in total. The van der Waals surface area contributed by atoms with Gasteiger partial charge in [-0.15, -0.1) is 0 Å². The molecule has 0 unspecified atom stereocenters. The third kappa shape index (κ3) is 3.59. The van der Waals surface area contributed by atoms with Crippen molar-refractivity contribution in [3.63, 3.8) is 0 Å². The predicted molar refractivity (Wildman–Crippen MR) is 80.7 cm³/mol. The van der Waals surface area contributed by atoms with E-state index < -0.39 is 15.9 Å². The van der Waals surface area contributed by atoms with Gasteiger partial charge in [0, 0.05) is 24.5 Å². The smallest absolute Gasteiger partial charge is 0.251 e. The van der Waals surface area contributed by atoms with Crippen molar-refractivity contribution >= 4 is 27.5 Å². The molecule has 9 heteroatoms. The number of nitrogens with two attached hydrogens (primary N) is 1. The number of amides is 1. The molecule has 0 saturated carbocycles. The molecule has 0 saturated heterocycles. The van der Waals surface area contributed by atoms with Crippen molar-refractivity contribution in [2.45, 2.75) is 11.4 Å². The second-order valence-corrected chi connectivity index (χ2v) is 6.95. The number of benzene rings is 1. The lowest BCUT2D eigenvalue weighted by atomic mass is 10.3. The minimum absolute atomic E-state index is 0.0377. The summed E-state index contributed by atoms with van der Waals surface area (Å²) >= 11 is 5.75. The first-order valence-electron chi connectivity index (χ1n) is 6.13. The van der Waals surface area contributed by atoms with Crippen molar-refractivity contribution < 1.29 is 13.2 Å². The Bertz CT molecular complexity index is 776. The van der Waals surface area contributed by atoms with E-state index in [9.17, 15) is 13.2 Å². The third-order valence-electron chi connectivity index (χ3n) is 2.88. The van der Waals surface area contributed by atoms with Crippen LogP contribution in [-0.4, -0.2) is 35.6 Å². The maximum absolute atomic E-state index is 12.4. The maximum Gasteiger partial charge on any atom is 0.251 e. The fraction of sp³-hybridized carbons (Fsp3) is 0.154. The molecule has 22 heavy (non-hydrogen) atoms. The number of hydrogen-bond acceptors (Lipinski definition) is 5. The van der Waals surface area contributed by atoms with Crippen molar-refractivity contribution in [1.29, 1.82) is 0 Å². The Hall–Kier alpha value is -2.03. The van der Waals surface area contributed by atoms with Crippen LogP contribution in [0.15, 0.2) is 41.6 Å². The summed E-state index contributed by atoms with van der Waals surface area (Å²) < 4.78 is 25.9. The van der Waals surface area contributed by atoms with Gasteiger partial charge in [0.15, 0.2) is 0 Å². The third-order valence-corrected chi connectivity index (χ3v) is 4.95. The highest BCUT2D eigenvalue weighted by atomic mass is 35.5. The van der Waals surface area contributed by atoms with Crippen LogP contribution < -0.4 is 5.73 Å². The van der Waals surface area contributed by atoms with Gasteiger partial charge >= 0.3 is 0 Å². The summed E-state index contributed by atoms with van der Waals surface area (Å²) in [4.78, 5) is 18.9. The SMILES string of the molecule is CN(Cc1ncc(C(N)=O)cn1)S(=O)(=O)c1ccc(Cl)cc1. The second-order valence-electron chi connectivity index (χ2n) is 4.47. The van der Waals surface area contributed by atoms with Crippen LogP contribution in [0.25, 0.3) is 0 Å². The van der Waals surface area contributed by atoms with Gasteiger partial charge in [-0.2, -0.15) is 4.31 Å². The molecule has 2 N–H and O–H groups in total. The van der Waals surface area contributed by atoms with E-state index in [2.05, 4.69) is 9.97 Å². The Labute approximate surface area is 132 Å². The lowest BCUT2D eigenvalue weighted by Gasteiger charge is -2.16. The number of sulfonamides is 1. The second kappa shape index (κ2) is 6.39. The number of carbonyl (C=O) groups is 1. The Morgan fingerprint density at radius 2 is 1.77 bits per heavy atom. The van der Waals surface area contributed by atoms with E-state index in [0.717, 1.165) is 4.31 Å². The van der Waals surface area contributed by atoms with Crippen LogP contribution in [0.5, 0.6) is 0 Å². The highest BCUT2D eigenvalue weighted by molar-refractivity contribution is 7.89. The van der Waals surface area contributed by atoms with Crippen molar-refractivity contribution in [2.75, 3.05) is 7.05 Å². The van der Waals surface area contributed by atoms with E-state index >= 15 is 0 Å². The minimum atomic E-state index is -3.68. The molecular formula is C13H13ClN4O3S. The molecule has 0 aliphatic heterocycles. The number of carbonyl (C=O) groups excluding carboxylic acids is 1. The average molecular weight is 341 g/mol. The maximum atomic E-state index is 12.4. The molecule has 0 fully saturated rings. The molecule has 0 radical (unpaired) electrons. The molecule has 1 aromatic carbocycles. The molecule has 2 rings (SSSR count). The van der Waals surface area contributed by atoms with E-state index in [1.807, 2.05) is 0 Å². The largest absolute Gasteiger partial charge is 0.366 e. The van der Waals surface area contributed by atoms with Crippen LogP contribution in [0.2, 0.25) is 5.02 Å². The van der Waals surface area contributed by atoms with Crippen LogP contribution in [-0.2, 0) is 16.6 Å². The van der Waals surface area contributed by atoms with Crippen LogP contribution in [0, 0.1) is 0 Å². The fourth-order valence-electron chi connectivity index (χ4n) is 1.63. The first kappa shape index (κ1) is 16.3. The highest BCUT2D eigenvalue weighted by Crippen LogP contribution is 2.18. The van der Waals surface area contributed by atoms with Crippen molar-refractivity contribution in [1.82, 2.24) is 14.3 Å². The predicted octanol–water partition coefficient (Wildman–Crippen LogP) is 1.05. The first-order valence-corrected chi connectivity index (χ1v) is 7.95. The summed E-state index contributed by atoms with van der Waals surface area (Å²) in [5.74, 6) is -0.390. The summed E-state index contributed by atoms with van der Waals surface area (Å²) in [5, 5.41) is 0.451. The topological polar surface area (TPSA) is 106 Å². The van der Waals surface area contributed by atoms with E-state index in [4.69, 9.17) is 17.3 Å². The van der Waals surface area contributed by atoms with E-state index in [-0.39, 0.29) is 22.8 Å². The summed E-state index contributed by atoms with van der Waals surface area (Å²) in [6.45, 7) is -0.0377. The monoisotopic (exact) mass is 340 g/mol. The van der Waals surface area contributed by atoms with Crippen LogP contribution in [0.1, 0.15) is 16.2 Å². The van der Waals surface area contributed by atoms with E-state index in [1.165, 1.54) is 43.7 Å². The van der Waals surface area contributed by atoms with Gasteiger partial charge in [-0.1, -0.05) is 11.6 Å². The molecule has 1 heterocycles. The van der Waals surface area contributed by atoms with Crippen molar-refractivity contribution in [2.24, 2.45) is 5.73 Å². The Balaban J connectivity index is 2.18. The van der Waals surface area contributed by atoms with E-state index in [1.54, 1.807) is 0 Å². The molecule has 0 atom stereocenters. The van der Waals surface area contributed by atoms with Gasteiger partial charge in [-0.25, -0.2) is 18.4 Å². The van der Waals surface area contributed by atoms with Gasteiger partial charge in [0.25, 0.3) is 5.91 Å². The average Bonchev–Trinajstić information content (AvgIpc) is 2.48. The van der Waals surface area contributed by atoms with Gasteiger partial charge in [0.2, 0.25) is 10.0 Å². The standard InChI is InChI=1S/C13H13ClN4O3S/c1-18(8-12-16-6-9(7-17-12)13(15)19)22(20,21)11-4-2-10(14)3-5-11/h2-7H,8H2,1H3,(H2,15,19). The summed E-state index contributed by atoms with van der Waals surface area (Å²) in [6.07, 6.45) is 2.51. The summed E-state index contributed by atoms with van der Waals surface area (Å²) in [7, 11) is -2.27. The van der Waals surface area contributed by atoms with Crippen LogP contribution >= 0.6 is 11.6 Å². The number of halogens is 1. The molecule has 0 aliphatic carbocycles. The number of aromatic nitrogens is 2. The molecule has 0 spiro atoms. The van der Waals surface area contributed by atoms with Gasteiger partial charge in [-0.3, -0.25) is 4.79 Å². The van der Waals surface area contributed by atoms with Gasteiger partial charge < -0.3 is 5.73 Å². The molecule has 0 aliphatic rings. The first-order chi connectivity index (χ1) is 10.3. The Morgan fingerprint density at radius 1 is 1.23 bits per heavy atom. The zero-order valence-corrected chi connectivity index (χ0v) is 13.2. The van der Waals surface area contributed by atoms with Gasteiger partial charge in [0.05, 0.1) is 17.0 Å². The Morgan fingerprint density at radius 3 is 2.27 bits per heavy atom. The summed E-state index contributed by atoms with van der Waals surface area (Å²) in [5.41, 5.74) is 5.25. The zero-order valence-electron chi connectivity index (χ0n) is 11.6. The molecule has 0 bridgehead atoms. The van der Waals surface area contributed by atoms with Gasteiger partial charge in [-0.05, 0) is 24.3 Å². The molecule has 116 valence electrons. The number of primary amides is 1. The number of rotatable bonds is 5. The van der Waals surface area contributed by atoms with Crippen LogP contribution in [0.4, 0.5) is 0 Å². The van der Waals surface area contributed by atoms with Crippen molar-refractivity contribution in [3.8, 4) is 0 Å². The van der Waals surface area contributed by atoms with E-state index in [0.29, 0.717) is 5.02 Å². The number of nitrogens with zero attached hydrogens (tertiary/aromatic N) is 3. The normalized spacial score (nSPS) is 11.6. The highest BCUT2D eigenvalue weighted by Gasteiger charge is 2.21. The van der Waals surface area contributed by atoms with Crippen LogP contribution in [0.3, 0.4) is 0 Å². The molecule has 1 aromatic heterocycles.